The van der Waals surface area contributed by atoms with Crippen LogP contribution in [0.4, 0.5) is 0 Å². The van der Waals surface area contributed by atoms with Crippen molar-refractivity contribution in [2.24, 2.45) is 0 Å². The van der Waals surface area contributed by atoms with E-state index in [9.17, 15) is 0 Å². The molecule has 0 nitrogen and oxygen atoms in total. The van der Waals surface area contributed by atoms with Gasteiger partial charge >= 0.3 is 21.2 Å². The molecule has 0 aliphatic rings. The van der Waals surface area contributed by atoms with Crippen LogP contribution < -0.4 is 21.2 Å². The Kier molecular flexibility index (Phi) is 4.72. The molecule has 0 amide bonds. The van der Waals surface area contributed by atoms with Gasteiger partial charge in [0, 0.05) is 21.9 Å². The zero-order valence-electron chi connectivity index (χ0n) is 8.67. The van der Waals surface area contributed by atoms with Crippen LogP contribution in [0.25, 0.3) is 10.1 Å². The van der Waals surface area contributed by atoms with Crippen molar-refractivity contribution in [3.63, 3.8) is 0 Å². The number of halogens is 3. The van der Waals surface area contributed by atoms with E-state index in [1.807, 2.05) is 12.1 Å². The van der Waals surface area contributed by atoms with E-state index in [-0.39, 0.29) is 21.2 Å². The summed E-state index contributed by atoms with van der Waals surface area (Å²) in [6, 6.07) is 8.33. The van der Waals surface area contributed by atoms with Gasteiger partial charge in [0.05, 0.1) is 10.1 Å². The molecule has 2 aromatic heterocycles. The molecular formula is C12H8Cl2IS2+. The van der Waals surface area contributed by atoms with Gasteiger partial charge in [-0.05, 0) is 12.1 Å². The maximum Gasteiger partial charge on any atom is 0.381 e. The normalized spacial score (nSPS) is 10.5. The lowest BCUT2D eigenvalue weighted by molar-refractivity contribution is -0.585. The number of thiophene rings is 2. The van der Waals surface area contributed by atoms with Gasteiger partial charge in [0.1, 0.15) is 0 Å². The molecule has 0 saturated heterocycles. The highest BCUT2D eigenvalue weighted by Gasteiger charge is 2.21. The second kappa shape index (κ2) is 5.89. The number of hydrogen-bond donors (Lipinski definition) is 0. The van der Waals surface area contributed by atoms with Gasteiger partial charge in [0.2, 0.25) is 5.77 Å². The van der Waals surface area contributed by atoms with Gasteiger partial charge in [-0.25, -0.2) is 0 Å². The van der Waals surface area contributed by atoms with Gasteiger partial charge in [-0.2, -0.15) is 0 Å². The standard InChI is InChI=1S/C12H8Cl2IS2/c1-7(13)9-3-5-11(16-9)15-12-6-4-10(17-12)8(2)14/h3-6H,1-2H2/q+1. The average Bonchev–Trinajstić information content (AvgIpc) is 2.87. The predicted octanol–water partition coefficient (Wildman–Crippen LogP) is 2.36. The van der Waals surface area contributed by atoms with E-state index >= 15 is 0 Å². The van der Waals surface area contributed by atoms with Crippen LogP contribution in [0, 0.1) is 5.77 Å². The topological polar surface area (TPSA) is 0 Å². The second-order valence-corrected chi connectivity index (χ2v) is 10.5. The zero-order valence-corrected chi connectivity index (χ0v) is 14.0. The molecule has 0 atom stereocenters. The van der Waals surface area contributed by atoms with Crippen molar-refractivity contribution in [3.05, 3.63) is 52.9 Å². The van der Waals surface area contributed by atoms with E-state index < -0.39 is 0 Å². The Hall–Kier alpha value is 0.190. The molecule has 5 heteroatoms. The quantitative estimate of drug-likeness (QED) is 0.675. The van der Waals surface area contributed by atoms with Gasteiger partial charge in [-0.3, -0.25) is 0 Å². The van der Waals surface area contributed by atoms with Crippen LogP contribution >= 0.6 is 45.9 Å². The van der Waals surface area contributed by atoms with Crippen LogP contribution in [0.1, 0.15) is 9.75 Å². The van der Waals surface area contributed by atoms with Crippen LogP contribution in [-0.4, -0.2) is 0 Å². The van der Waals surface area contributed by atoms with Gasteiger partial charge in [0.15, 0.2) is 0 Å². The van der Waals surface area contributed by atoms with Crippen molar-refractivity contribution in [2.45, 2.75) is 0 Å². The third-order valence-corrected chi connectivity index (χ3v) is 8.50. The molecule has 0 fully saturated rings. The fourth-order valence-electron chi connectivity index (χ4n) is 1.11. The molecule has 0 bridgehead atoms. The smallest absolute Gasteiger partial charge is 0.0867 e. The Morgan fingerprint density at radius 2 is 1.29 bits per heavy atom. The monoisotopic (exact) mass is 413 g/mol. The minimum absolute atomic E-state index is 0.143. The summed E-state index contributed by atoms with van der Waals surface area (Å²) in [6.45, 7) is 7.47. The fraction of sp³-hybridized carbons (Fsp3) is 0. The lowest BCUT2D eigenvalue weighted by Gasteiger charge is -1.84. The molecule has 0 saturated carbocycles. The Morgan fingerprint density at radius 1 is 0.882 bits per heavy atom. The molecule has 0 aliphatic carbocycles. The van der Waals surface area contributed by atoms with Crippen molar-refractivity contribution in [2.75, 3.05) is 0 Å². The van der Waals surface area contributed by atoms with E-state index in [0.29, 0.717) is 10.1 Å². The Labute approximate surface area is 129 Å². The van der Waals surface area contributed by atoms with Gasteiger partial charge < -0.3 is 0 Å². The molecular weight excluding hydrogens is 406 g/mol. The van der Waals surface area contributed by atoms with Crippen LogP contribution in [0.5, 0.6) is 0 Å². The van der Waals surface area contributed by atoms with Crippen molar-refractivity contribution >= 4 is 55.9 Å². The average molecular weight is 414 g/mol. The molecule has 0 spiro atoms. The first-order valence-corrected chi connectivity index (χ1v) is 9.15. The van der Waals surface area contributed by atoms with Crippen LogP contribution in [0.3, 0.4) is 0 Å². The third-order valence-electron chi connectivity index (χ3n) is 1.87. The highest BCUT2D eigenvalue weighted by molar-refractivity contribution is 7.12. The first-order chi connectivity index (χ1) is 8.06. The minimum atomic E-state index is -0.143. The van der Waals surface area contributed by atoms with E-state index in [0.717, 1.165) is 9.75 Å². The zero-order chi connectivity index (χ0) is 12.4. The Balaban J connectivity index is 2.13. The molecule has 17 heavy (non-hydrogen) atoms. The Bertz CT molecular complexity index is 518. The summed E-state index contributed by atoms with van der Waals surface area (Å²) in [5.74, 6) is 0. The lowest BCUT2D eigenvalue weighted by atomic mass is 10.5. The van der Waals surface area contributed by atoms with Gasteiger partial charge in [0.25, 0.3) is 0 Å². The highest BCUT2D eigenvalue weighted by atomic mass is 127. The van der Waals surface area contributed by atoms with Crippen molar-refractivity contribution in [3.8, 4) is 0 Å². The molecule has 2 heterocycles. The van der Waals surface area contributed by atoms with E-state index in [1.165, 1.54) is 5.77 Å². The molecule has 2 rings (SSSR count). The summed E-state index contributed by atoms with van der Waals surface area (Å²) < 4.78 is 2.77. The van der Waals surface area contributed by atoms with Crippen LogP contribution in [0.2, 0.25) is 0 Å². The lowest BCUT2D eigenvalue weighted by Crippen LogP contribution is -3.61. The molecule has 0 aromatic carbocycles. The van der Waals surface area contributed by atoms with Crippen molar-refractivity contribution in [1.82, 2.24) is 0 Å². The molecule has 0 unspecified atom stereocenters. The molecule has 0 N–H and O–H groups in total. The van der Waals surface area contributed by atoms with E-state index in [2.05, 4.69) is 25.3 Å². The fourth-order valence-corrected chi connectivity index (χ4v) is 7.50. The maximum absolute atomic E-state index is 5.87. The summed E-state index contributed by atoms with van der Waals surface area (Å²) in [6.07, 6.45) is 0. The van der Waals surface area contributed by atoms with Crippen molar-refractivity contribution < 1.29 is 21.2 Å². The number of hydrogen-bond acceptors (Lipinski definition) is 2. The van der Waals surface area contributed by atoms with E-state index in [4.69, 9.17) is 23.2 Å². The number of rotatable bonds is 4. The molecule has 0 aliphatic heterocycles. The summed E-state index contributed by atoms with van der Waals surface area (Å²) in [5, 5.41) is 1.23. The summed E-state index contributed by atoms with van der Waals surface area (Å²) >= 11 is 15.0. The maximum atomic E-state index is 5.87. The SMILES string of the molecule is C=C(Cl)c1ccc([I+]c2ccc(C(=C)Cl)s2)s1. The molecule has 0 radical (unpaired) electrons. The van der Waals surface area contributed by atoms with Crippen molar-refractivity contribution in [1.29, 1.82) is 0 Å². The second-order valence-electron chi connectivity index (χ2n) is 3.11. The van der Waals surface area contributed by atoms with E-state index in [1.54, 1.807) is 22.7 Å². The van der Waals surface area contributed by atoms with Gasteiger partial charge in [-0.15, -0.1) is 0 Å². The van der Waals surface area contributed by atoms with Gasteiger partial charge in [-0.1, -0.05) is 59.0 Å². The third kappa shape index (κ3) is 3.58. The predicted molar refractivity (Wildman–Crippen MR) is 75.8 cm³/mol. The van der Waals surface area contributed by atoms with Crippen LogP contribution in [-0.2, 0) is 0 Å². The summed E-state index contributed by atoms with van der Waals surface area (Å²) in [4.78, 5) is 2.11. The first-order valence-electron chi connectivity index (χ1n) is 4.60. The van der Waals surface area contributed by atoms with Crippen LogP contribution in [0.15, 0.2) is 37.4 Å². The highest BCUT2D eigenvalue weighted by Crippen LogP contribution is 2.22. The Morgan fingerprint density at radius 3 is 1.59 bits per heavy atom. The minimum Gasteiger partial charge on any atom is -0.0867 e. The largest absolute Gasteiger partial charge is 0.381 e. The summed E-state index contributed by atoms with van der Waals surface area (Å²) in [5.41, 5.74) is 0. The molecule has 88 valence electrons. The molecule has 2 aromatic rings. The first kappa shape index (κ1) is 13.6. The summed E-state index contributed by atoms with van der Waals surface area (Å²) in [7, 11) is 0.